The second kappa shape index (κ2) is 4.00. The molecule has 1 atom stereocenters. The Kier molecular flexibility index (Phi) is 2.26. The molecule has 0 radical (unpaired) electrons. The van der Waals surface area contributed by atoms with Gasteiger partial charge in [-0.15, -0.1) is 0 Å². The van der Waals surface area contributed by atoms with Crippen LogP contribution in [0, 0.1) is 0 Å². The molecule has 0 bridgehead atoms. The van der Waals surface area contributed by atoms with Crippen molar-refractivity contribution < 1.29 is 0 Å². The van der Waals surface area contributed by atoms with Crippen LogP contribution in [-0.4, -0.2) is 26.1 Å². The molecule has 6 nitrogen and oxygen atoms in total. The second-order valence-electron chi connectivity index (χ2n) is 5.25. The van der Waals surface area contributed by atoms with E-state index in [1.165, 1.54) is 5.56 Å². The fraction of sp³-hybridized carbons (Fsp3) is 0.286. The number of rotatable bonds is 1. The van der Waals surface area contributed by atoms with Crippen LogP contribution in [0.15, 0.2) is 30.6 Å². The number of aromatic nitrogens is 4. The predicted molar refractivity (Wildman–Crippen MR) is 78.6 cm³/mol. The van der Waals surface area contributed by atoms with Gasteiger partial charge < -0.3 is 11.1 Å². The van der Waals surface area contributed by atoms with Gasteiger partial charge in [0.05, 0.1) is 17.8 Å². The van der Waals surface area contributed by atoms with Gasteiger partial charge in [0.15, 0.2) is 0 Å². The molecule has 4 rings (SSSR count). The van der Waals surface area contributed by atoms with Crippen LogP contribution in [0.2, 0.25) is 0 Å². The van der Waals surface area contributed by atoms with Crippen LogP contribution in [0.3, 0.4) is 0 Å². The Morgan fingerprint density at radius 3 is 3.10 bits per heavy atom. The van der Waals surface area contributed by atoms with Gasteiger partial charge in [-0.05, 0) is 24.6 Å². The van der Waals surface area contributed by atoms with Gasteiger partial charge in [0, 0.05) is 36.4 Å². The van der Waals surface area contributed by atoms with E-state index in [4.69, 9.17) is 10.8 Å². The Balaban J connectivity index is 1.90. The van der Waals surface area contributed by atoms with Crippen molar-refractivity contribution in [3.8, 4) is 0 Å². The SMILES string of the molecule is Cn1cc(C2CCNc3c4ccc(N)cc4nn32)cn1. The number of benzene rings is 1. The normalized spacial score (nSPS) is 17.9. The lowest BCUT2D eigenvalue weighted by atomic mass is 10.1. The van der Waals surface area contributed by atoms with Gasteiger partial charge >= 0.3 is 0 Å². The minimum Gasteiger partial charge on any atom is -0.399 e. The second-order valence-corrected chi connectivity index (χ2v) is 5.25. The molecule has 0 amide bonds. The first-order chi connectivity index (χ1) is 9.72. The summed E-state index contributed by atoms with van der Waals surface area (Å²) in [6, 6.07) is 6.10. The maximum atomic E-state index is 5.85. The van der Waals surface area contributed by atoms with E-state index in [-0.39, 0.29) is 6.04 Å². The predicted octanol–water partition coefficient (Wildman–Crippen LogP) is 1.76. The molecule has 3 aromatic rings. The monoisotopic (exact) mass is 268 g/mol. The summed E-state index contributed by atoms with van der Waals surface area (Å²) in [5.74, 6) is 1.07. The quantitative estimate of drug-likeness (QED) is 0.659. The summed E-state index contributed by atoms with van der Waals surface area (Å²) < 4.78 is 3.89. The van der Waals surface area contributed by atoms with Crippen molar-refractivity contribution in [2.24, 2.45) is 7.05 Å². The summed E-state index contributed by atoms with van der Waals surface area (Å²) in [5, 5.41) is 13.5. The van der Waals surface area contributed by atoms with Gasteiger partial charge in [0.25, 0.3) is 0 Å². The summed E-state index contributed by atoms with van der Waals surface area (Å²) in [7, 11) is 1.94. The highest BCUT2D eigenvalue weighted by molar-refractivity contribution is 5.92. The van der Waals surface area contributed by atoms with E-state index in [0.29, 0.717) is 0 Å². The van der Waals surface area contributed by atoms with Crippen molar-refractivity contribution in [3.05, 3.63) is 36.2 Å². The lowest BCUT2D eigenvalue weighted by Crippen LogP contribution is -2.24. The van der Waals surface area contributed by atoms with E-state index < -0.39 is 0 Å². The van der Waals surface area contributed by atoms with Crippen molar-refractivity contribution in [3.63, 3.8) is 0 Å². The highest BCUT2D eigenvalue weighted by Crippen LogP contribution is 2.34. The first kappa shape index (κ1) is 11.3. The molecule has 1 aromatic carbocycles. The molecule has 3 N–H and O–H groups in total. The molecule has 0 fully saturated rings. The van der Waals surface area contributed by atoms with E-state index in [1.807, 2.05) is 36.1 Å². The molecule has 0 saturated heterocycles. The summed E-state index contributed by atoms with van der Waals surface area (Å²) in [6.45, 7) is 0.935. The summed E-state index contributed by atoms with van der Waals surface area (Å²) in [5.41, 5.74) is 8.71. The third-order valence-electron chi connectivity index (χ3n) is 3.84. The number of hydrogen-bond acceptors (Lipinski definition) is 4. The van der Waals surface area contributed by atoms with Gasteiger partial charge in [0.2, 0.25) is 0 Å². The number of hydrogen-bond donors (Lipinski definition) is 2. The molecular formula is C14H16N6. The number of nitrogens with one attached hydrogen (secondary N) is 1. The van der Waals surface area contributed by atoms with Gasteiger partial charge in [0.1, 0.15) is 5.82 Å². The third kappa shape index (κ3) is 1.57. The summed E-state index contributed by atoms with van der Waals surface area (Å²) >= 11 is 0. The Morgan fingerprint density at radius 2 is 2.30 bits per heavy atom. The maximum Gasteiger partial charge on any atom is 0.132 e. The van der Waals surface area contributed by atoms with Gasteiger partial charge in [-0.1, -0.05) is 0 Å². The molecule has 1 aliphatic heterocycles. The van der Waals surface area contributed by atoms with Crippen LogP contribution >= 0.6 is 0 Å². The lowest BCUT2D eigenvalue weighted by Gasteiger charge is -2.25. The van der Waals surface area contributed by atoms with E-state index >= 15 is 0 Å². The van der Waals surface area contributed by atoms with Crippen molar-refractivity contribution in [2.75, 3.05) is 17.6 Å². The number of anilines is 2. The zero-order chi connectivity index (χ0) is 13.7. The maximum absolute atomic E-state index is 5.85. The first-order valence-corrected chi connectivity index (χ1v) is 6.72. The smallest absolute Gasteiger partial charge is 0.132 e. The molecule has 0 spiro atoms. The van der Waals surface area contributed by atoms with Crippen LogP contribution < -0.4 is 11.1 Å². The van der Waals surface area contributed by atoms with Gasteiger partial charge in [-0.25, -0.2) is 4.68 Å². The molecule has 0 aliphatic carbocycles. The van der Waals surface area contributed by atoms with Crippen molar-refractivity contribution in [1.29, 1.82) is 0 Å². The van der Waals surface area contributed by atoms with Crippen molar-refractivity contribution in [1.82, 2.24) is 19.6 Å². The third-order valence-corrected chi connectivity index (χ3v) is 3.84. The Hall–Kier alpha value is -2.50. The standard InChI is InChI=1S/C14H16N6/c1-19-8-9(7-17-19)13-4-5-16-14-11-3-2-10(15)6-12(11)18-20(13)14/h2-3,6-8,13,16H,4-5,15H2,1H3. The fourth-order valence-corrected chi connectivity index (χ4v) is 2.89. The van der Waals surface area contributed by atoms with Crippen LogP contribution in [0.4, 0.5) is 11.5 Å². The Bertz CT molecular complexity index is 784. The largest absolute Gasteiger partial charge is 0.399 e. The Morgan fingerprint density at radius 1 is 1.40 bits per heavy atom. The molecule has 1 aliphatic rings. The zero-order valence-corrected chi connectivity index (χ0v) is 11.2. The summed E-state index contributed by atoms with van der Waals surface area (Å²) in [6.07, 6.45) is 4.98. The van der Waals surface area contributed by atoms with Gasteiger partial charge in [-0.2, -0.15) is 10.2 Å². The molecule has 6 heteroatoms. The molecule has 102 valence electrons. The van der Waals surface area contributed by atoms with Crippen molar-refractivity contribution >= 4 is 22.4 Å². The molecule has 2 aromatic heterocycles. The molecule has 0 saturated carbocycles. The average molecular weight is 268 g/mol. The number of nitrogen functional groups attached to an aromatic ring is 1. The molecular weight excluding hydrogens is 252 g/mol. The van der Waals surface area contributed by atoms with Crippen LogP contribution in [0.25, 0.3) is 10.9 Å². The van der Waals surface area contributed by atoms with E-state index in [1.54, 1.807) is 0 Å². The highest BCUT2D eigenvalue weighted by Gasteiger charge is 2.25. The van der Waals surface area contributed by atoms with Gasteiger partial charge in [-0.3, -0.25) is 4.68 Å². The zero-order valence-electron chi connectivity index (χ0n) is 11.2. The summed E-state index contributed by atoms with van der Waals surface area (Å²) in [4.78, 5) is 0. The Labute approximate surface area is 116 Å². The average Bonchev–Trinajstić information content (AvgIpc) is 3.01. The lowest BCUT2D eigenvalue weighted by molar-refractivity contribution is 0.485. The first-order valence-electron chi connectivity index (χ1n) is 6.72. The number of aryl methyl sites for hydroxylation is 1. The molecule has 3 heterocycles. The van der Waals surface area contributed by atoms with Crippen LogP contribution in [-0.2, 0) is 7.05 Å². The molecule has 1 unspecified atom stereocenters. The topological polar surface area (TPSA) is 73.7 Å². The minimum absolute atomic E-state index is 0.230. The number of fused-ring (bicyclic) bond motifs is 3. The number of nitrogens with zero attached hydrogens (tertiary/aromatic N) is 4. The fourth-order valence-electron chi connectivity index (χ4n) is 2.89. The van der Waals surface area contributed by atoms with E-state index in [0.717, 1.165) is 35.4 Å². The molecule has 20 heavy (non-hydrogen) atoms. The van der Waals surface area contributed by atoms with E-state index in [2.05, 4.69) is 21.3 Å². The van der Waals surface area contributed by atoms with Crippen LogP contribution in [0.5, 0.6) is 0 Å². The van der Waals surface area contributed by atoms with E-state index in [9.17, 15) is 0 Å². The van der Waals surface area contributed by atoms with Crippen LogP contribution in [0.1, 0.15) is 18.0 Å². The van der Waals surface area contributed by atoms with Crippen molar-refractivity contribution in [2.45, 2.75) is 12.5 Å². The highest BCUT2D eigenvalue weighted by atomic mass is 15.4. The minimum atomic E-state index is 0.230. The number of nitrogens with two attached hydrogens (primary N) is 1.